The van der Waals surface area contributed by atoms with E-state index in [1.54, 1.807) is 18.2 Å². The molecule has 0 aliphatic carbocycles. The molecule has 0 bridgehead atoms. The maximum absolute atomic E-state index is 12.1. The van der Waals surface area contributed by atoms with Gasteiger partial charge in [-0.2, -0.15) is 0 Å². The predicted octanol–water partition coefficient (Wildman–Crippen LogP) is 2.87. The van der Waals surface area contributed by atoms with Crippen LogP contribution in [-0.2, 0) is 21.2 Å². The van der Waals surface area contributed by atoms with Crippen LogP contribution < -0.4 is 10.0 Å². The molecule has 0 saturated carbocycles. The van der Waals surface area contributed by atoms with Crippen molar-refractivity contribution in [3.8, 4) is 0 Å². The van der Waals surface area contributed by atoms with Crippen molar-refractivity contribution >= 4 is 21.6 Å². The third-order valence-corrected chi connectivity index (χ3v) is 4.17. The fourth-order valence-electron chi connectivity index (χ4n) is 2.46. The molecule has 6 heteroatoms. The first kappa shape index (κ1) is 18.0. The van der Waals surface area contributed by atoms with Crippen molar-refractivity contribution in [2.45, 2.75) is 25.8 Å². The highest BCUT2D eigenvalue weighted by atomic mass is 32.2. The summed E-state index contributed by atoms with van der Waals surface area (Å²) in [7, 11) is -3.37. The van der Waals surface area contributed by atoms with Crippen LogP contribution in [0, 0.1) is 0 Å². The van der Waals surface area contributed by atoms with Crippen LogP contribution in [0.25, 0.3) is 0 Å². The predicted molar refractivity (Wildman–Crippen MR) is 96.2 cm³/mol. The zero-order valence-corrected chi connectivity index (χ0v) is 14.6. The van der Waals surface area contributed by atoms with E-state index in [0.29, 0.717) is 18.5 Å². The molecular weight excluding hydrogens is 324 g/mol. The van der Waals surface area contributed by atoms with Gasteiger partial charge in [-0.05, 0) is 30.5 Å². The quantitative estimate of drug-likeness (QED) is 0.809. The van der Waals surface area contributed by atoms with E-state index in [9.17, 15) is 13.2 Å². The van der Waals surface area contributed by atoms with Gasteiger partial charge in [0.2, 0.25) is 15.9 Å². The first-order valence-corrected chi connectivity index (χ1v) is 9.64. The van der Waals surface area contributed by atoms with E-state index in [0.717, 1.165) is 17.4 Å². The van der Waals surface area contributed by atoms with Gasteiger partial charge in [-0.25, -0.2) is 8.42 Å². The number of aryl methyl sites for hydroxylation is 1. The minimum Gasteiger partial charge on any atom is -0.349 e. The number of carbonyl (C=O) groups excluding carboxylic acids is 1. The van der Waals surface area contributed by atoms with Gasteiger partial charge in [0.15, 0.2) is 0 Å². The van der Waals surface area contributed by atoms with E-state index >= 15 is 0 Å². The third kappa shape index (κ3) is 5.70. The van der Waals surface area contributed by atoms with Crippen LogP contribution in [0.5, 0.6) is 0 Å². The van der Waals surface area contributed by atoms with Crippen LogP contribution in [0.15, 0.2) is 54.6 Å². The van der Waals surface area contributed by atoms with E-state index < -0.39 is 10.0 Å². The SMILES string of the molecule is C[C@@H](NC(=O)CCc1ccccc1)c1ccccc1NS(C)(=O)=O. The molecule has 5 nitrogen and oxygen atoms in total. The van der Waals surface area contributed by atoms with Crippen LogP contribution in [0.1, 0.15) is 30.5 Å². The standard InChI is InChI=1S/C18H22N2O3S/c1-14(16-10-6-7-11-17(16)20-24(2,22)23)19-18(21)13-12-15-8-4-3-5-9-15/h3-11,14,20H,12-13H2,1-2H3,(H,19,21)/t14-/m1/s1. The molecule has 1 atom stereocenters. The van der Waals surface area contributed by atoms with Gasteiger partial charge < -0.3 is 5.32 Å². The topological polar surface area (TPSA) is 75.3 Å². The van der Waals surface area contributed by atoms with Crippen molar-refractivity contribution in [3.63, 3.8) is 0 Å². The number of sulfonamides is 1. The van der Waals surface area contributed by atoms with Crippen molar-refractivity contribution in [3.05, 3.63) is 65.7 Å². The summed E-state index contributed by atoms with van der Waals surface area (Å²) >= 11 is 0. The summed E-state index contributed by atoms with van der Waals surface area (Å²) in [5, 5.41) is 2.92. The summed E-state index contributed by atoms with van der Waals surface area (Å²) in [6.07, 6.45) is 2.16. The molecule has 0 aliphatic heterocycles. The summed E-state index contributed by atoms with van der Waals surface area (Å²) in [6.45, 7) is 1.84. The van der Waals surface area contributed by atoms with Crippen molar-refractivity contribution in [1.82, 2.24) is 5.32 Å². The largest absolute Gasteiger partial charge is 0.349 e. The van der Waals surface area contributed by atoms with Crippen molar-refractivity contribution in [2.75, 3.05) is 11.0 Å². The first-order valence-electron chi connectivity index (χ1n) is 7.75. The van der Waals surface area contributed by atoms with E-state index in [2.05, 4.69) is 10.0 Å². The van der Waals surface area contributed by atoms with Crippen LogP contribution in [0.4, 0.5) is 5.69 Å². The Kier molecular flexibility index (Phi) is 5.98. The Morgan fingerprint density at radius 2 is 1.67 bits per heavy atom. The van der Waals surface area contributed by atoms with Crippen molar-refractivity contribution < 1.29 is 13.2 Å². The number of amides is 1. The molecule has 0 saturated heterocycles. The number of hydrogen-bond donors (Lipinski definition) is 2. The Bertz CT molecular complexity index is 789. The second kappa shape index (κ2) is 7.97. The lowest BCUT2D eigenvalue weighted by molar-refractivity contribution is -0.121. The Morgan fingerprint density at radius 3 is 2.33 bits per heavy atom. The van der Waals surface area contributed by atoms with Gasteiger partial charge in [0.05, 0.1) is 18.0 Å². The van der Waals surface area contributed by atoms with Gasteiger partial charge in [0.1, 0.15) is 0 Å². The number of nitrogens with one attached hydrogen (secondary N) is 2. The van der Waals surface area contributed by atoms with Crippen LogP contribution >= 0.6 is 0 Å². The zero-order chi connectivity index (χ0) is 17.6. The molecule has 1 amide bonds. The minimum absolute atomic E-state index is 0.0690. The maximum atomic E-state index is 12.1. The highest BCUT2D eigenvalue weighted by Crippen LogP contribution is 2.23. The van der Waals surface area contributed by atoms with Gasteiger partial charge >= 0.3 is 0 Å². The molecule has 0 spiro atoms. The molecule has 2 N–H and O–H groups in total. The second-order valence-electron chi connectivity index (χ2n) is 5.74. The van der Waals surface area contributed by atoms with E-state index in [1.165, 1.54) is 0 Å². The highest BCUT2D eigenvalue weighted by Gasteiger charge is 2.15. The third-order valence-electron chi connectivity index (χ3n) is 3.58. The van der Waals surface area contributed by atoms with Gasteiger partial charge in [-0.1, -0.05) is 48.5 Å². The minimum atomic E-state index is -3.37. The normalized spacial score (nSPS) is 12.4. The smallest absolute Gasteiger partial charge is 0.229 e. The molecule has 0 aromatic heterocycles. The molecule has 0 unspecified atom stereocenters. The van der Waals surface area contributed by atoms with Gasteiger partial charge in [0, 0.05) is 6.42 Å². The average Bonchev–Trinajstić information content (AvgIpc) is 2.53. The van der Waals surface area contributed by atoms with E-state index in [1.807, 2.05) is 43.3 Å². The summed E-state index contributed by atoms with van der Waals surface area (Å²) < 4.78 is 25.4. The molecule has 2 rings (SSSR count). The van der Waals surface area contributed by atoms with Crippen LogP contribution in [0.2, 0.25) is 0 Å². The summed E-state index contributed by atoms with van der Waals surface area (Å²) in [6, 6.07) is 16.6. The van der Waals surface area contributed by atoms with E-state index in [4.69, 9.17) is 0 Å². The van der Waals surface area contributed by atoms with Gasteiger partial charge in [-0.3, -0.25) is 9.52 Å². The van der Waals surface area contributed by atoms with E-state index in [-0.39, 0.29) is 11.9 Å². The Hall–Kier alpha value is -2.34. The average molecular weight is 346 g/mol. The second-order valence-corrected chi connectivity index (χ2v) is 7.48. The van der Waals surface area contributed by atoms with Gasteiger partial charge in [-0.15, -0.1) is 0 Å². The van der Waals surface area contributed by atoms with Crippen molar-refractivity contribution in [2.24, 2.45) is 0 Å². The molecule has 128 valence electrons. The lowest BCUT2D eigenvalue weighted by Gasteiger charge is -2.18. The maximum Gasteiger partial charge on any atom is 0.229 e. The zero-order valence-electron chi connectivity index (χ0n) is 13.8. The summed E-state index contributed by atoms with van der Waals surface area (Å²) in [4.78, 5) is 12.1. The molecule has 2 aromatic rings. The lowest BCUT2D eigenvalue weighted by atomic mass is 10.1. The monoisotopic (exact) mass is 346 g/mol. The number of anilines is 1. The number of rotatable bonds is 7. The molecule has 0 fully saturated rings. The number of hydrogen-bond acceptors (Lipinski definition) is 3. The van der Waals surface area contributed by atoms with Crippen LogP contribution in [-0.4, -0.2) is 20.6 Å². The number of para-hydroxylation sites is 1. The first-order chi connectivity index (χ1) is 11.3. The van der Waals surface area contributed by atoms with Gasteiger partial charge in [0.25, 0.3) is 0 Å². The fraction of sp³-hybridized carbons (Fsp3) is 0.278. The molecule has 0 aliphatic rings. The number of benzene rings is 2. The fourth-order valence-corrected chi connectivity index (χ4v) is 3.05. The molecular formula is C18H22N2O3S. The molecule has 24 heavy (non-hydrogen) atoms. The molecule has 0 heterocycles. The summed E-state index contributed by atoms with van der Waals surface area (Å²) in [5.74, 6) is -0.0690. The molecule has 0 radical (unpaired) electrons. The Morgan fingerprint density at radius 1 is 1.04 bits per heavy atom. The molecule has 2 aromatic carbocycles. The highest BCUT2D eigenvalue weighted by molar-refractivity contribution is 7.92. The Balaban J connectivity index is 1.99. The summed E-state index contributed by atoms with van der Waals surface area (Å²) in [5.41, 5.74) is 2.33. The number of carbonyl (C=O) groups is 1. The van der Waals surface area contributed by atoms with Crippen molar-refractivity contribution in [1.29, 1.82) is 0 Å². The lowest BCUT2D eigenvalue weighted by Crippen LogP contribution is -2.27. The Labute approximate surface area is 143 Å². The van der Waals surface area contributed by atoms with Crippen LogP contribution in [0.3, 0.4) is 0 Å².